The van der Waals surface area contributed by atoms with E-state index in [9.17, 15) is 2.74 Å². The summed E-state index contributed by atoms with van der Waals surface area (Å²) in [4.78, 5) is 2.22. The Labute approximate surface area is 327 Å². The molecular formula is C53H37NO. The molecule has 260 valence electrons. The van der Waals surface area contributed by atoms with E-state index in [0.29, 0.717) is 16.7 Å². The first-order valence-corrected chi connectivity index (χ1v) is 18.7. The molecule has 11 rings (SSSR count). The Kier molecular flexibility index (Phi) is 5.88. The highest BCUT2D eigenvalue weighted by Gasteiger charge is 2.36. The van der Waals surface area contributed by atoms with Crippen molar-refractivity contribution in [3.8, 4) is 33.4 Å². The fourth-order valence-corrected chi connectivity index (χ4v) is 8.91. The van der Waals surface area contributed by atoms with E-state index in [4.69, 9.17) is 8.53 Å². The third-order valence-electron chi connectivity index (χ3n) is 11.5. The van der Waals surface area contributed by atoms with Gasteiger partial charge < -0.3 is 9.32 Å². The highest BCUT2D eigenvalue weighted by Crippen LogP contribution is 2.52. The minimum absolute atomic E-state index is 0.0884. The molecule has 9 aromatic carbocycles. The normalized spacial score (nSPS) is 14.3. The Bertz CT molecular complexity index is 3380. The van der Waals surface area contributed by atoms with Gasteiger partial charge in [-0.1, -0.05) is 165 Å². The number of anilines is 3. The lowest BCUT2D eigenvalue weighted by molar-refractivity contribution is 0.660. The molecule has 0 bridgehead atoms. The second-order valence-corrected chi connectivity index (χ2v) is 14.9. The first-order chi connectivity index (χ1) is 29.1. The van der Waals surface area contributed by atoms with E-state index in [2.05, 4.69) is 128 Å². The van der Waals surface area contributed by atoms with Gasteiger partial charge in [0, 0.05) is 44.2 Å². The maximum Gasteiger partial charge on any atom is 0.143 e. The number of hydrogen-bond donors (Lipinski definition) is 0. The molecule has 0 radical (unpaired) electrons. The Morgan fingerprint density at radius 3 is 1.84 bits per heavy atom. The zero-order valence-electron chi connectivity index (χ0n) is 35.4. The molecule has 1 aliphatic carbocycles. The van der Waals surface area contributed by atoms with Crippen molar-refractivity contribution in [2.75, 3.05) is 4.90 Å². The predicted molar refractivity (Wildman–Crippen MR) is 232 cm³/mol. The van der Waals surface area contributed by atoms with Gasteiger partial charge in [-0.05, 0) is 91.5 Å². The van der Waals surface area contributed by atoms with Crippen molar-refractivity contribution in [3.63, 3.8) is 0 Å². The molecule has 0 N–H and O–H groups in total. The number of nitrogens with zero attached hydrogens (tertiary/aromatic N) is 1. The number of benzene rings is 9. The highest BCUT2D eigenvalue weighted by atomic mass is 16.3. The zero-order chi connectivity index (χ0) is 41.0. The fourth-order valence-electron chi connectivity index (χ4n) is 8.91. The topological polar surface area (TPSA) is 16.4 Å². The summed E-state index contributed by atoms with van der Waals surface area (Å²) < 4.78 is 51.3. The SMILES string of the molecule is [2H]c1c([2H])c([2H])c(-c2cc(N(c3ccc(-c4ccccc4)cc3)c3ccc4c(c3)C(C)(C)c3ccccc3-4)cc3c2oc2c4ccccc4c4ccccc4c32)c([2H])c1[2H]. The monoisotopic (exact) mass is 708 g/mol. The third-order valence-corrected chi connectivity index (χ3v) is 11.5. The van der Waals surface area contributed by atoms with Gasteiger partial charge in [0.05, 0.1) is 6.85 Å². The van der Waals surface area contributed by atoms with Crippen LogP contribution in [0.2, 0.25) is 0 Å². The quantitative estimate of drug-likeness (QED) is 0.166. The van der Waals surface area contributed by atoms with E-state index in [-0.39, 0.29) is 23.1 Å². The van der Waals surface area contributed by atoms with Gasteiger partial charge in [0.1, 0.15) is 11.2 Å². The third kappa shape index (κ3) is 4.81. The lowest BCUT2D eigenvalue weighted by Crippen LogP contribution is -2.16. The van der Waals surface area contributed by atoms with E-state index in [1.165, 1.54) is 22.3 Å². The van der Waals surface area contributed by atoms with Crippen LogP contribution in [0.3, 0.4) is 0 Å². The molecule has 1 aliphatic rings. The minimum atomic E-state index is -0.440. The van der Waals surface area contributed by atoms with Crippen LogP contribution in [-0.4, -0.2) is 0 Å². The molecular weight excluding hydrogens is 667 g/mol. The van der Waals surface area contributed by atoms with Gasteiger partial charge in [0.2, 0.25) is 0 Å². The van der Waals surface area contributed by atoms with Gasteiger partial charge in [-0.2, -0.15) is 0 Å². The first-order valence-electron chi connectivity index (χ1n) is 21.2. The molecule has 10 aromatic rings. The lowest BCUT2D eigenvalue weighted by Gasteiger charge is -2.29. The summed E-state index contributed by atoms with van der Waals surface area (Å²) in [6, 6.07) is 52.8. The molecule has 0 saturated heterocycles. The molecule has 0 unspecified atom stereocenters. The molecule has 55 heavy (non-hydrogen) atoms. The van der Waals surface area contributed by atoms with E-state index < -0.39 is 18.1 Å². The van der Waals surface area contributed by atoms with Gasteiger partial charge in [-0.25, -0.2) is 0 Å². The second-order valence-electron chi connectivity index (χ2n) is 14.9. The molecule has 0 aliphatic heterocycles. The molecule has 0 amide bonds. The van der Waals surface area contributed by atoms with Crippen molar-refractivity contribution in [2.24, 2.45) is 0 Å². The summed E-state index contributed by atoms with van der Waals surface area (Å²) in [6.07, 6.45) is 0. The Balaban J connectivity index is 1.26. The van der Waals surface area contributed by atoms with E-state index in [1.807, 2.05) is 48.5 Å². The van der Waals surface area contributed by atoms with E-state index in [1.54, 1.807) is 0 Å². The van der Waals surface area contributed by atoms with Gasteiger partial charge >= 0.3 is 0 Å². The van der Waals surface area contributed by atoms with Crippen LogP contribution in [0.25, 0.3) is 76.9 Å². The number of rotatable bonds is 5. The van der Waals surface area contributed by atoms with Crippen LogP contribution >= 0.6 is 0 Å². The highest BCUT2D eigenvalue weighted by molar-refractivity contribution is 6.31. The molecule has 1 heterocycles. The summed E-state index contributed by atoms with van der Waals surface area (Å²) in [7, 11) is 0. The number of hydrogen-bond acceptors (Lipinski definition) is 2. The van der Waals surface area contributed by atoms with Gasteiger partial charge in [0.15, 0.2) is 0 Å². The maximum absolute atomic E-state index is 9.22. The van der Waals surface area contributed by atoms with Crippen LogP contribution in [0.1, 0.15) is 31.8 Å². The van der Waals surface area contributed by atoms with Gasteiger partial charge in [-0.3, -0.25) is 0 Å². The smallest absolute Gasteiger partial charge is 0.143 e. The average Bonchev–Trinajstić information content (AvgIpc) is 3.78. The van der Waals surface area contributed by atoms with Crippen LogP contribution in [0.4, 0.5) is 17.1 Å². The summed E-state index contributed by atoms with van der Waals surface area (Å²) >= 11 is 0. The van der Waals surface area contributed by atoms with Crippen molar-refractivity contribution in [1.29, 1.82) is 0 Å². The Morgan fingerprint density at radius 2 is 1.05 bits per heavy atom. The average molecular weight is 709 g/mol. The molecule has 2 heteroatoms. The van der Waals surface area contributed by atoms with Crippen LogP contribution in [0, 0.1) is 0 Å². The van der Waals surface area contributed by atoms with Crippen molar-refractivity contribution in [1.82, 2.24) is 0 Å². The van der Waals surface area contributed by atoms with Crippen molar-refractivity contribution in [2.45, 2.75) is 19.3 Å². The Morgan fingerprint density at radius 1 is 0.436 bits per heavy atom. The van der Waals surface area contributed by atoms with Crippen LogP contribution < -0.4 is 4.90 Å². The molecule has 0 spiro atoms. The molecule has 0 fully saturated rings. The summed E-state index contributed by atoms with van der Waals surface area (Å²) in [6.45, 7) is 4.55. The molecule has 1 aromatic heterocycles. The maximum atomic E-state index is 9.22. The number of fused-ring (bicyclic) bond motifs is 11. The zero-order valence-corrected chi connectivity index (χ0v) is 30.4. The lowest BCUT2D eigenvalue weighted by atomic mass is 9.82. The molecule has 2 nitrogen and oxygen atoms in total. The van der Waals surface area contributed by atoms with Crippen LogP contribution in [0.5, 0.6) is 0 Å². The summed E-state index contributed by atoms with van der Waals surface area (Å²) in [5.41, 5.74) is 11.1. The van der Waals surface area contributed by atoms with Crippen LogP contribution in [-0.2, 0) is 5.41 Å². The molecule has 0 saturated carbocycles. The first kappa shape index (κ1) is 26.8. The number of furan rings is 1. The fraction of sp³-hybridized carbons (Fsp3) is 0.0566. The van der Waals surface area contributed by atoms with Crippen molar-refractivity contribution >= 4 is 60.5 Å². The van der Waals surface area contributed by atoms with Gasteiger partial charge in [-0.15, -0.1) is 0 Å². The van der Waals surface area contributed by atoms with Crippen molar-refractivity contribution < 1.29 is 11.3 Å². The van der Waals surface area contributed by atoms with Gasteiger partial charge in [0.25, 0.3) is 0 Å². The Hall–Kier alpha value is -6.90. The summed E-state index contributed by atoms with van der Waals surface area (Å²) in [5.74, 6) is 0. The predicted octanol–water partition coefficient (Wildman–Crippen LogP) is 15.0. The molecule has 0 atom stereocenters. The van der Waals surface area contributed by atoms with E-state index >= 15 is 0 Å². The van der Waals surface area contributed by atoms with E-state index in [0.717, 1.165) is 60.5 Å². The van der Waals surface area contributed by atoms with Crippen LogP contribution in [0.15, 0.2) is 192 Å². The largest absolute Gasteiger partial charge is 0.455 e. The second kappa shape index (κ2) is 12.1. The standard InChI is InChI=1S/C53H37NO/c1-53(2)48-24-14-13-21-42(48)43-30-29-38(33-49(43)53)54(37-27-25-35(26-28-37)34-15-5-3-6-16-34)39-31-46(36-17-7-4-8-18-36)51-47(32-39)50-44-22-11-9-19-40(44)41-20-10-12-23-45(41)52(50)55-51/h3-33H,1-2H3/i4D,7D,8D,17D,18D. The minimum Gasteiger partial charge on any atom is -0.455 e. The summed E-state index contributed by atoms with van der Waals surface area (Å²) in [5, 5.41) is 5.75. The van der Waals surface area contributed by atoms with Crippen molar-refractivity contribution in [3.05, 3.63) is 199 Å².